The molecule has 0 atom stereocenters. The predicted molar refractivity (Wildman–Crippen MR) is 86.0 cm³/mol. The molecular weight excluding hydrogens is 331 g/mol. The first-order valence-electron chi connectivity index (χ1n) is 7.48. The third kappa shape index (κ3) is 2.50. The van der Waals surface area contributed by atoms with Gasteiger partial charge < -0.3 is 0 Å². The van der Waals surface area contributed by atoms with Crippen LogP contribution in [0.3, 0.4) is 0 Å². The van der Waals surface area contributed by atoms with Crippen LogP contribution in [0.4, 0.5) is 13.2 Å². The summed E-state index contributed by atoms with van der Waals surface area (Å²) in [6.45, 7) is 3.59. The Morgan fingerprint density at radius 2 is 1.84 bits per heavy atom. The van der Waals surface area contributed by atoms with Crippen molar-refractivity contribution in [3.8, 4) is 11.1 Å². The number of rotatable bonds is 1. The maximum atomic E-state index is 13.4. The smallest absolute Gasteiger partial charge is 0.278 e. The number of halogens is 3. The minimum Gasteiger partial charge on any atom is -0.278 e. The highest BCUT2D eigenvalue weighted by Gasteiger charge is 2.32. The molecule has 0 aliphatic carbocycles. The van der Waals surface area contributed by atoms with Gasteiger partial charge in [-0.25, -0.2) is 4.98 Å². The first-order chi connectivity index (χ1) is 11.8. The average Bonchev–Trinajstić information content (AvgIpc) is 3.04. The first-order valence-corrected chi connectivity index (χ1v) is 7.48. The van der Waals surface area contributed by atoms with Gasteiger partial charge in [-0.05, 0) is 37.6 Å². The molecule has 8 heteroatoms. The quantitative estimate of drug-likeness (QED) is 0.525. The van der Waals surface area contributed by atoms with E-state index in [0.717, 1.165) is 17.7 Å². The third-order valence-electron chi connectivity index (χ3n) is 4.01. The second-order valence-corrected chi connectivity index (χ2v) is 5.86. The SMILES string of the molecule is Cc1cncc(-c2cc(C(F)(F)F)cc3c2nc(C)c2nncn23)c1. The Morgan fingerprint density at radius 3 is 2.56 bits per heavy atom. The fourth-order valence-corrected chi connectivity index (χ4v) is 2.88. The summed E-state index contributed by atoms with van der Waals surface area (Å²) in [6, 6.07) is 3.97. The fourth-order valence-electron chi connectivity index (χ4n) is 2.88. The Kier molecular flexibility index (Phi) is 3.24. The van der Waals surface area contributed by atoms with E-state index < -0.39 is 11.7 Å². The zero-order chi connectivity index (χ0) is 17.8. The monoisotopic (exact) mass is 343 g/mol. The molecule has 0 fully saturated rings. The molecule has 0 spiro atoms. The molecule has 1 aromatic carbocycles. The number of aryl methyl sites for hydroxylation is 2. The molecule has 25 heavy (non-hydrogen) atoms. The van der Waals surface area contributed by atoms with Crippen molar-refractivity contribution >= 4 is 16.7 Å². The minimum absolute atomic E-state index is 0.303. The first kappa shape index (κ1) is 15.5. The van der Waals surface area contributed by atoms with Gasteiger partial charge in [0, 0.05) is 23.5 Å². The van der Waals surface area contributed by atoms with E-state index >= 15 is 0 Å². The third-order valence-corrected chi connectivity index (χ3v) is 4.01. The van der Waals surface area contributed by atoms with Crippen molar-refractivity contribution in [2.45, 2.75) is 20.0 Å². The number of benzene rings is 1. The molecule has 3 aromatic heterocycles. The molecule has 0 saturated carbocycles. The van der Waals surface area contributed by atoms with Gasteiger partial charge in [-0.15, -0.1) is 10.2 Å². The van der Waals surface area contributed by atoms with Crippen molar-refractivity contribution in [1.29, 1.82) is 0 Å². The van der Waals surface area contributed by atoms with Crippen LogP contribution in [0.1, 0.15) is 16.8 Å². The summed E-state index contributed by atoms with van der Waals surface area (Å²) >= 11 is 0. The van der Waals surface area contributed by atoms with Gasteiger partial charge in [0.25, 0.3) is 0 Å². The lowest BCUT2D eigenvalue weighted by Gasteiger charge is -2.14. The lowest BCUT2D eigenvalue weighted by molar-refractivity contribution is -0.137. The van der Waals surface area contributed by atoms with Gasteiger partial charge in [0.2, 0.25) is 0 Å². The highest BCUT2D eigenvalue weighted by Crippen LogP contribution is 2.37. The molecular formula is C17H12F3N5. The molecule has 0 unspecified atom stereocenters. The van der Waals surface area contributed by atoms with E-state index in [-0.39, 0.29) is 0 Å². The number of nitrogens with zero attached hydrogens (tertiary/aromatic N) is 5. The van der Waals surface area contributed by atoms with E-state index in [1.807, 2.05) is 6.92 Å². The molecule has 3 heterocycles. The standard InChI is InChI=1S/C17H12F3N5/c1-9-3-11(7-21-6-9)13-4-12(17(18,19)20)5-14-15(13)23-10(2)16-24-22-8-25(14)16/h3-8H,1-2H3. The van der Waals surface area contributed by atoms with Crippen molar-refractivity contribution in [3.63, 3.8) is 0 Å². The average molecular weight is 343 g/mol. The van der Waals surface area contributed by atoms with Gasteiger partial charge in [-0.1, -0.05) is 0 Å². The van der Waals surface area contributed by atoms with Crippen LogP contribution in [0, 0.1) is 13.8 Å². The normalized spacial score (nSPS) is 12.2. The molecule has 0 saturated heterocycles. The number of hydrogen-bond acceptors (Lipinski definition) is 4. The molecule has 5 nitrogen and oxygen atoms in total. The lowest BCUT2D eigenvalue weighted by atomic mass is 10.0. The summed E-state index contributed by atoms with van der Waals surface area (Å²) in [4.78, 5) is 8.58. The Labute approximate surface area is 140 Å². The molecule has 0 radical (unpaired) electrons. The lowest BCUT2D eigenvalue weighted by Crippen LogP contribution is -2.07. The van der Waals surface area contributed by atoms with E-state index in [9.17, 15) is 13.2 Å². The van der Waals surface area contributed by atoms with Crippen molar-refractivity contribution < 1.29 is 13.2 Å². The van der Waals surface area contributed by atoms with Crippen LogP contribution in [0.25, 0.3) is 27.8 Å². The van der Waals surface area contributed by atoms with Gasteiger partial charge in [0.1, 0.15) is 6.33 Å². The van der Waals surface area contributed by atoms with E-state index in [4.69, 9.17) is 0 Å². The van der Waals surface area contributed by atoms with E-state index in [2.05, 4.69) is 20.2 Å². The van der Waals surface area contributed by atoms with E-state index in [1.165, 1.54) is 16.9 Å². The summed E-state index contributed by atoms with van der Waals surface area (Å²) in [7, 11) is 0. The zero-order valence-corrected chi connectivity index (χ0v) is 13.3. The summed E-state index contributed by atoms with van der Waals surface area (Å²) in [5, 5.41) is 7.73. The van der Waals surface area contributed by atoms with E-state index in [1.54, 1.807) is 19.2 Å². The maximum Gasteiger partial charge on any atom is 0.416 e. The van der Waals surface area contributed by atoms with Crippen LogP contribution >= 0.6 is 0 Å². The van der Waals surface area contributed by atoms with Crippen molar-refractivity contribution in [1.82, 2.24) is 24.6 Å². The van der Waals surface area contributed by atoms with E-state index in [0.29, 0.717) is 33.5 Å². The Hall–Kier alpha value is -3.03. The molecule has 0 aliphatic rings. The topological polar surface area (TPSA) is 56.0 Å². The summed E-state index contributed by atoms with van der Waals surface area (Å²) in [6.07, 6.45) is 0.0987. The Morgan fingerprint density at radius 1 is 1.04 bits per heavy atom. The number of aromatic nitrogens is 5. The van der Waals surface area contributed by atoms with Crippen LogP contribution < -0.4 is 0 Å². The highest BCUT2D eigenvalue weighted by atomic mass is 19.4. The van der Waals surface area contributed by atoms with Crippen molar-refractivity contribution in [2.24, 2.45) is 0 Å². The molecule has 4 rings (SSSR count). The zero-order valence-electron chi connectivity index (χ0n) is 13.3. The molecule has 0 bridgehead atoms. The van der Waals surface area contributed by atoms with Gasteiger partial charge in [-0.3, -0.25) is 9.38 Å². The second-order valence-electron chi connectivity index (χ2n) is 5.86. The highest BCUT2D eigenvalue weighted by molar-refractivity contribution is 5.94. The van der Waals surface area contributed by atoms with Crippen molar-refractivity contribution in [2.75, 3.05) is 0 Å². The fraction of sp³-hybridized carbons (Fsp3) is 0.176. The number of fused-ring (bicyclic) bond motifs is 3. The van der Waals surface area contributed by atoms with Crippen LogP contribution in [-0.4, -0.2) is 24.6 Å². The molecule has 126 valence electrons. The molecule has 0 amide bonds. The largest absolute Gasteiger partial charge is 0.416 e. The van der Waals surface area contributed by atoms with Gasteiger partial charge >= 0.3 is 6.18 Å². The Balaban J connectivity index is 2.18. The molecule has 0 aliphatic heterocycles. The van der Waals surface area contributed by atoms with Gasteiger partial charge in [0.15, 0.2) is 5.65 Å². The molecule has 0 N–H and O–H groups in total. The number of pyridine rings is 1. The van der Waals surface area contributed by atoms with Gasteiger partial charge in [-0.2, -0.15) is 13.2 Å². The van der Waals surface area contributed by atoms with Crippen molar-refractivity contribution in [3.05, 3.63) is 53.7 Å². The Bertz CT molecular complexity index is 1110. The van der Waals surface area contributed by atoms with Crippen LogP contribution in [-0.2, 0) is 6.18 Å². The number of alkyl halides is 3. The van der Waals surface area contributed by atoms with Crippen LogP contribution in [0.2, 0.25) is 0 Å². The minimum atomic E-state index is -4.48. The summed E-state index contributed by atoms with van der Waals surface area (Å²) in [5.74, 6) is 0. The summed E-state index contributed by atoms with van der Waals surface area (Å²) in [5.41, 5.74) is 2.83. The maximum absolute atomic E-state index is 13.4. The van der Waals surface area contributed by atoms with Gasteiger partial charge in [0.05, 0.1) is 22.3 Å². The second kappa shape index (κ2) is 5.23. The van der Waals surface area contributed by atoms with Crippen LogP contribution in [0.5, 0.6) is 0 Å². The number of hydrogen-bond donors (Lipinski definition) is 0. The molecule has 4 aromatic rings. The summed E-state index contributed by atoms with van der Waals surface area (Å²) < 4.78 is 41.8. The van der Waals surface area contributed by atoms with Crippen LogP contribution in [0.15, 0.2) is 36.9 Å². The predicted octanol–water partition coefficient (Wildman–Crippen LogP) is 3.98.